The van der Waals surface area contributed by atoms with Gasteiger partial charge in [0.05, 0.1) is 6.61 Å². The van der Waals surface area contributed by atoms with Gasteiger partial charge in [0.15, 0.2) is 0 Å². The Morgan fingerprint density at radius 3 is 2.63 bits per heavy atom. The van der Waals surface area contributed by atoms with Gasteiger partial charge in [-0.3, -0.25) is 0 Å². The lowest BCUT2D eigenvalue weighted by Gasteiger charge is -2.26. The fraction of sp³-hybridized carbons (Fsp3) is 0.625. The quantitative estimate of drug-likeness (QED) is 0.762. The summed E-state index contributed by atoms with van der Waals surface area (Å²) >= 11 is 0. The molecule has 3 heteroatoms. The van der Waals surface area contributed by atoms with Crippen molar-refractivity contribution in [2.45, 2.75) is 46.1 Å². The highest BCUT2D eigenvalue weighted by molar-refractivity contribution is 5.61. The van der Waals surface area contributed by atoms with Crippen molar-refractivity contribution in [1.29, 1.82) is 0 Å². The maximum Gasteiger partial charge on any atom is 0.123 e. The van der Waals surface area contributed by atoms with E-state index in [1.165, 1.54) is 24.9 Å². The number of hydrogen-bond acceptors (Lipinski definition) is 3. The van der Waals surface area contributed by atoms with Crippen molar-refractivity contribution in [1.82, 2.24) is 0 Å². The Balaban J connectivity index is 2.15. The van der Waals surface area contributed by atoms with E-state index in [4.69, 9.17) is 10.5 Å². The monoisotopic (exact) mass is 262 g/mol. The van der Waals surface area contributed by atoms with Crippen LogP contribution >= 0.6 is 0 Å². The van der Waals surface area contributed by atoms with E-state index in [-0.39, 0.29) is 0 Å². The first kappa shape index (κ1) is 14.0. The lowest BCUT2D eigenvalue weighted by Crippen LogP contribution is -2.27. The molecule has 1 saturated carbocycles. The predicted octanol–water partition coefficient (Wildman–Crippen LogP) is 3.68. The summed E-state index contributed by atoms with van der Waals surface area (Å²) in [4.78, 5) is 2.50. The molecule has 0 aliphatic heterocycles. The summed E-state index contributed by atoms with van der Waals surface area (Å²) in [7, 11) is 0. The molecule has 1 fully saturated rings. The number of ether oxygens (including phenoxy) is 1. The zero-order valence-corrected chi connectivity index (χ0v) is 12.4. The highest BCUT2D eigenvalue weighted by Gasteiger charge is 2.29. The molecule has 0 aromatic heterocycles. The van der Waals surface area contributed by atoms with E-state index in [0.29, 0.717) is 12.6 Å². The fourth-order valence-corrected chi connectivity index (χ4v) is 2.33. The van der Waals surface area contributed by atoms with E-state index < -0.39 is 0 Å². The number of hydrogen-bond donors (Lipinski definition) is 1. The average molecular weight is 262 g/mol. The SMILES string of the molecule is CCOc1cc(N)cc(N(CCC(C)C)C2CC2)c1. The van der Waals surface area contributed by atoms with Crippen molar-refractivity contribution < 1.29 is 4.74 Å². The van der Waals surface area contributed by atoms with Crippen molar-refractivity contribution >= 4 is 11.4 Å². The van der Waals surface area contributed by atoms with Gasteiger partial charge in [-0.1, -0.05) is 13.8 Å². The summed E-state index contributed by atoms with van der Waals surface area (Å²) in [5.41, 5.74) is 8.00. The standard InChI is InChI=1S/C16H26N2O/c1-4-19-16-10-13(17)9-15(11-16)18(14-5-6-14)8-7-12(2)3/h9-12,14H,4-8,17H2,1-3H3. The number of benzene rings is 1. The Kier molecular flexibility index (Phi) is 4.56. The zero-order valence-electron chi connectivity index (χ0n) is 12.4. The molecule has 1 aromatic rings. The van der Waals surface area contributed by atoms with Crippen molar-refractivity contribution in [3.63, 3.8) is 0 Å². The molecule has 106 valence electrons. The van der Waals surface area contributed by atoms with Gasteiger partial charge >= 0.3 is 0 Å². The van der Waals surface area contributed by atoms with E-state index in [0.717, 1.165) is 23.9 Å². The summed E-state index contributed by atoms with van der Waals surface area (Å²) in [5.74, 6) is 1.61. The molecule has 1 aliphatic carbocycles. The second-order valence-corrected chi connectivity index (χ2v) is 5.80. The molecular weight excluding hydrogens is 236 g/mol. The minimum Gasteiger partial charge on any atom is -0.494 e. The number of nitrogens with zero attached hydrogens (tertiary/aromatic N) is 1. The van der Waals surface area contributed by atoms with Crippen LogP contribution in [0, 0.1) is 5.92 Å². The lowest BCUT2D eigenvalue weighted by atomic mass is 10.1. The highest BCUT2D eigenvalue weighted by atomic mass is 16.5. The Morgan fingerprint density at radius 1 is 1.32 bits per heavy atom. The van der Waals surface area contributed by atoms with Crippen LogP contribution in [0.25, 0.3) is 0 Å². The number of nitrogen functional groups attached to an aromatic ring is 1. The highest BCUT2D eigenvalue weighted by Crippen LogP contribution is 2.35. The second kappa shape index (κ2) is 6.18. The van der Waals surface area contributed by atoms with E-state index in [1.54, 1.807) is 0 Å². The van der Waals surface area contributed by atoms with Gasteiger partial charge < -0.3 is 15.4 Å². The van der Waals surface area contributed by atoms with Gasteiger partial charge in [-0.05, 0) is 38.2 Å². The van der Waals surface area contributed by atoms with Gasteiger partial charge in [0, 0.05) is 36.1 Å². The second-order valence-electron chi connectivity index (χ2n) is 5.80. The Labute approximate surface area is 116 Å². The maximum absolute atomic E-state index is 6.00. The molecule has 1 aliphatic rings. The first-order valence-corrected chi connectivity index (χ1v) is 7.40. The Hall–Kier alpha value is -1.38. The van der Waals surface area contributed by atoms with Crippen LogP contribution in [-0.4, -0.2) is 19.2 Å². The van der Waals surface area contributed by atoms with Crippen molar-refractivity contribution in [3.05, 3.63) is 18.2 Å². The van der Waals surface area contributed by atoms with Crippen LogP contribution in [0.15, 0.2) is 18.2 Å². The molecule has 0 atom stereocenters. The van der Waals surface area contributed by atoms with Crippen LogP contribution in [0.1, 0.15) is 40.0 Å². The van der Waals surface area contributed by atoms with Crippen LogP contribution in [0.4, 0.5) is 11.4 Å². The summed E-state index contributed by atoms with van der Waals surface area (Å²) in [5, 5.41) is 0. The first-order valence-electron chi connectivity index (χ1n) is 7.40. The van der Waals surface area contributed by atoms with Gasteiger partial charge in [-0.15, -0.1) is 0 Å². The molecule has 0 heterocycles. The van der Waals surface area contributed by atoms with Crippen LogP contribution in [0.3, 0.4) is 0 Å². The van der Waals surface area contributed by atoms with Crippen LogP contribution in [-0.2, 0) is 0 Å². The van der Waals surface area contributed by atoms with E-state index >= 15 is 0 Å². The van der Waals surface area contributed by atoms with E-state index in [2.05, 4.69) is 30.9 Å². The molecule has 0 saturated heterocycles. The molecule has 2 rings (SSSR count). The molecule has 3 nitrogen and oxygen atoms in total. The number of anilines is 2. The summed E-state index contributed by atoms with van der Waals surface area (Å²) in [6.07, 6.45) is 3.82. The minimum absolute atomic E-state index is 0.679. The van der Waals surface area contributed by atoms with Gasteiger partial charge in [0.2, 0.25) is 0 Å². The van der Waals surface area contributed by atoms with Crippen molar-refractivity contribution in [2.75, 3.05) is 23.8 Å². The van der Waals surface area contributed by atoms with Crippen LogP contribution < -0.4 is 15.4 Å². The van der Waals surface area contributed by atoms with Gasteiger partial charge in [0.1, 0.15) is 5.75 Å². The van der Waals surface area contributed by atoms with E-state index in [1.807, 2.05) is 13.0 Å². The predicted molar refractivity (Wildman–Crippen MR) is 81.8 cm³/mol. The van der Waals surface area contributed by atoms with Crippen molar-refractivity contribution in [3.8, 4) is 5.75 Å². The van der Waals surface area contributed by atoms with E-state index in [9.17, 15) is 0 Å². The Morgan fingerprint density at radius 2 is 2.05 bits per heavy atom. The summed E-state index contributed by atoms with van der Waals surface area (Å²) in [6.45, 7) is 8.34. The first-order chi connectivity index (χ1) is 9.10. The third-order valence-electron chi connectivity index (χ3n) is 3.49. The fourth-order valence-electron chi connectivity index (χ4n) is 2.33. The maximum atomic E-state index is 6.00. The molecule has 19 heavy (non-hydrogen) atoms. The molecule has 0 radical (unpaired) electrons. The number of nitrogens with two attached hydrogens (primary N) is 1. The minimum atomic E-state index is 0.679. The zero-order chi connectivity index (χ0) is 13.8. The van der Waals surface area contributed by atoms with Crippen LogP contribution in [0.2, 0.25) is 0 Å². The van der Waals surface area contributed by atoms with Gasteiger partial charge in [0.25, 0.3) is 0 Å². The van der Waals surface area contributed by atoms with Crippen LogP contribution in [0.5, 0.6) is 5.75 Å². The third-order valence-corrected chi connectivity index (χ3v) is 3.49. The normalized spacial score (nSPS) is 14.7. The Bertz CT molecular complexity index is 413. The lowest BCUT2D eigenvalue weighted by molar-refractivity contribution is 0.340. The molecule has 1 aromatic carbocycles. The molecule has 0 bridgehead atoms. The topological polar surface area (TPSA) is 38.5 Å². The van der Waals surface area contributed by atoms with Gasteiger partial charge in [-0.25, -0.2) is 0 Å². The molecule has 2 N–H and O–H groups in total. The molecule has 0 unspecified atom stereocenters. The van der Waals surface area contributed by atoms with Crippen molar-refractivity contribution in [2.24, 2.45) is 5.92 Å². The molecular formula is C16H26N2O. The molecule has 0 spiro atoms. The summed E-state index contributed by atoms with van der Waals surface area (Å²) < 4.78 is 5.60. The summed E-state index contributed by atoms with van der Waals surface area (Å²) in [6, 6.07) is 6.80. The largest absolute Gasteiger partial charge is 0.494 e. The molecule has 0 amide bonds. The third kappa shape index (κ3) is 4.05. The smallest absolute Gasteiger partial charge is 0.123 e. The number of rotatable bonds is 7. The van der Waals surface area contributed by atoms with Gasteiger partial charge in [-0.2, -0.15) is 0 Å². The average Bonchev–Trinajstić information content (AvgIpc) is 3.13.